The molecule has 1 aromatic heterocycles. The third-order valence-electron chi connectivity index (χ3n) is 2.28. The predicted molar refractivity (Wildman–Crippen MR) is 65.1 cm³/mol. The number of thiocarbonyl (C=S) groups is 1. The molecular weight excluding hydrogens is 226 g/mol. The number of nitrogens with zero attached hydrogens (tertiary/aromatic N) is 1. The molecule has 0 aliphatic rings. The van der Waals surface area contributed by atoms with E-state index < -0.39 is 0 Å². The molecule has 0 fully saturated rings. The summed E-state index contributed by atoms with van der Waals surface area (Å²) in [4.78, 5) is 5.15. The molecule has 0 bridgehead atoms. The maximum Gasteiger partial charge on any atom is 0.239 e. The van der Waals surface area contributed by atoms with Crippen molar-refractivity contribution in [3.05, 3.63) is 24.3 Å². The first-order valence-corrected chi connectivity index (χ1v) is 5.00. The van der Waals surface area contributed by atoms with Crippen LogP contribution in [0.15, 0.2) is 24.3 Å². The predicted octanol–water partition coefficient (Wildman–Crippen LogP) is 1.01. The Morgan fingerprint density at radius 2 is 2.19 bits per heavy atom. The van der Waals surface area contributed by atoms with Crippen molar-refractivity contribution in [1.82, 2.24) is 10.0 Å². The number of nitrogens with one attached hydrogen (secondary N) is 1. The van der Waals surface area contributed by atoms with E-state index in [9.17, 15) is 5.11 Å². The summed E-state index contributed by atoms with van der Waals surface area (Å²) >= 11 is 4.62. The molecule has 2 aromatic rings. The molecule has 5 nitrogen and oxygen atoms in total. The molecule has 0 saturated carbocycles. The van der Waals surface area contributed by atoms with Gasteiger partial charge in [0.15, 0.2) is 5.11 Å². The Morgan fingerprint density at radius 1 is 1.50 bits per heavy atom. The molecule has 0 atom stereocenters. The van der Waals surface area contributed by atoms with E-state index in [0.29, 0.717) is 5.75 Å². The topological polar surface area (TPSA) is 72.4 Å². The highest BCUT2D eigenvalue weighted by atomic mass is 32.1. The van der Waals surface area contributed by atoms with Crippen LogP contribution in [0.25, 0.3) is 10.9 Å². The van der Waals surface area contributed by atoms with Gasteiger partial charge in [0.05, 0.1) is 5.52 Å². The van der Waals surface area contributed by atoms with Crippen LogP contribution in [0, 0.1) is 0 Å². The van der Waals surface area contributed by atoms with Crippen molar-refractivity contribution in [2.45, 2.75) is 0 Å². The quantitative estimate of drug-likeness (QED) is 0.537. The second kappa shape index (κ2) is 3.90. The molecule has 0 saturated heterocycles. The van der Waals surface area contributed by atoms with Crippen LogP contribution in [0.1, 0.15) is 0 Å². The largest absolute Gasteiger partial charge is 0.492 e. The van der Waals surface area contributed by atoms with Gasteiger partial charge in [-0.1, -0.05) is 12.1 Å². The molecule has 0 aliphatic heterocycles. The average molecular weight is 237 g/mol. The van der Waals surface area contributed by atoms with Crippen molar-refractivity contribution in [3.63, 3.8) is 0 Å². The minimum absolute atomic E-state index is 0.00679. The number of para-hydroxylation sites is 1. The van der Waals surface area contributed by atoms with E-state index in [4.69, 9.17) is 10.6 Å². The van der Waals surface area contributed by atoms with Crippen LogP contribution in [0.5, 0.6) is 11.6 Å². The van der Waals surface area contributed by atoms with Crippen molar-refractivity contribution in [2.24, 2.45) is 12.8 Å². The summed E-state index contributed by atoms with van der Waals surface area (Å²) in [6.07, 6.45) is 0. The lowest BCUT2D eigenvalue weighted by Crippen LogP contribution is -2.31. The average Bonchev–Trinajstić information content (AvgIpc) is 2.50. The highest BCUT2D eigenvalue weighted by Gasteiger charge is 2.15. The molecule has 16 heavy (non-hydrogen) atoms. The third kappa shape index (κ3) is 1.63. The van der Waals surface area contributed by atoms with Crippen molar-refractivity contribution in [3.8, 4) is 11.6 Å². The van der Waals surface area contributed by atoms with Gasteiger partial charge in [-0.3, -0.25) is 0 Å². The number of benzene rings is 1. The van der Waals surface area contributed by atoms with E-state index in [0.717, 1.165) is 10.9 Å². The van der Waals surface area contributed by atoms with Crippen molar-refractivity contribution in [1.29, 1.82) is 0 Å². The van der Waals surface area contributed by atoms with E-state index in [-0.39, 0.29) is 11.0 Å². The summed E-state index contributed by atoms with van der Waals surface area (Å²) in [5.74, 6) is 0.329. The highest BCUT2D eigenvalue weighted by Crippen LogP contribution is 2.36. The van der Waals surface area contributed by atoms with Crippen molar-refractivity contribution in [2.75, 3.05) is 0 Å². The van der Waals surface area contributed by atoms with Crippen LogP contribution >= 0.6 is 12.2 Å². The van der Waals surface area contributed by atoms with Gasteiger partial charge in [0, 0.05) is 12.4 Å². The summed E-state index contributed by atoms with van der Waals surface area (Å²) in [5, 5.41) is 10.6. The summed E-state index contributed by atoms with van der Waals surface area (Å²) in [6, 6.07) is 7.45. The summed E-state index contributed by atoms with van der Waals surface area (Å²) < 4.78 is 1.62. The zero-order chi connectivity index (χ0) is 11.7. The van der Waals surface area contributed by atoms with Crippen LogP contribution in [0.4, 0.5) is 0 Å². The van der Waals surface area contributed by atoms with Gasteiger partial charge in [-0.15, -0.1) is 0 Å². The van der Waals surface area contributed by atoms with E-state index in [1.165, 1.54) is 0 Å². The number of hydrogen-bond donors (Lipinski definition) is 3. The third-order valence-corrected chi connectivity index (χ3v) is 2.37. The van der Waals surface area contributed by atoms with Gasteiger partial charge >= 0.3 is 0 Å². The van der Waals surface area contributed by atoms with E-state index in [1.807, 2.05) is 24.3 Å². The second-order valence-electron chi connectivity index (χ2n) is 3.30. The van der Waals surface area contributed by atoms with Gasteiger partial charge in [-0.25, -0.2) is 0 Å². The fourth-order valence-corrected chi connectivity index (χ4v) is 1.59. The number of aryl methyl sites for hydroxylation is 1. The molecule has 0 aliphatic carbocycles. The minimum Gasteiger partial charge on any atom is -0.492 e. The maximum atomic E-state index is 9.85. The van der Waals surface area contributed by atoms with Gasteiger partial charge in [-0.05, 0) is 24.4 Å². The molecule has 0 unspecified atom stereocenters. The molecule has 4 N–H and O–H groups in total. The Bertz CT molecular complexity index is 550. The lowest BCUT2D eigenvalue weighted by Gasteiger charge is -2.04. The van der Waals surface area contributed by atoms with Crippen molar-refractivity contribution >= 4 is 28.2 Å². The molecule has 84 valence electrons. The number of aromatic hydroxyl groups is 1. The van der Waals surface area contributed by atoms with Gasteiger partial charge in [0.25, 0.3) is 0 Å². The molecule has 0 amide bonds. The first-order chi connectivity index (χ1) is 7.61. The lowest BCUT2D eigenvalue weighted by atomic mass is 10.2. The first kappa shape index (κ1) is 10.6. The Labute approximate surface area is 97.4 Å². The van der Waals surface area contributed by atoms with Crippen LogP contribution in [-0.2, 0) is 7.05 Å². The zero-order valence-electron chi connectivity index (χ0n) is 8.60. The molecule has 1 aromatic carbocycles. The number of aromatic nitrogens is 1. The number of hydrogen-bond acceptors (Lipinski definition) is 3. The molecule has 2 rings (SSSR count). The van der Waals surface area contributed by atoms with Gasteiger partial charge in [-0.2, -0.15) is 5.48 Å². The van der Waals surface area contributed by atoms with Crippen LogP contribution in [0.2, 0.25) is 0 Å². The molecule has 6 heteroatoms. The standard InChI is InChI=1S/C10H11N3O2S/c1-13-7-5-3-2-4-6(7)8(9(13)14)15-12-10(11)16/h2-5,14H,1H3,(H3,11,12,16). The van der Waals surface area contributed by atoms with Crippen LogP contribution in [0.3, 0.4) is 0 Å². The van der Waals surface area contributed by atoms with Crippen molar-refractivity contribution < 1.29 is 9.94 Å². The van der Waals surface area contributed by atoms with E-state index in [1.54, 1.807) is 11.6 Å². The monoisotopic (exact) mass is 237 g/mol. The molecule has 0 radical (unpaired) electrons. The number of nitrogens with two attached hydrogens (primary N) is 1. The lowest BCUT2D eigenvalue weighted by molar-refractivity contribution is 0.250. The highest BCUT2D eigenvalue weighted by molar-refractivity contribution is 7.80. The molecule has 1 heterocycles. The molecular formula is C10H11N3O2S. The normalized spacial score (nSPS) is 10.3. The Kier molecular flexibility index (Phi) is 2.57. The minimum atomic E-state index is 0.00679. The maximum absolute atomic E-state index is 9.85. The first-order valence-electron chi connectivity index (χ1n) is 4.60. The zero-order valence-corrected chi connectivity index (χ0v) is 9.41. The summed E-state index contributed by atoms with van der Waals surface area (Å²) in [5.41, 5.74) is 8.45. The fraction of sp³-hybridized carbons (Fsp3) is 0.100. The molecule has 0 spiro atoms. The Hall–Kier alpha value is -1.95. The number of fused-ring (bicyclic) bond motifs is 1. The Morgan fingerprint density at radius 3 is 2.88 bits per heavy atom. The van der Waals surface area contributed by atoms with E-state index in [2.05, 4.69) is 17.7 Å². The number of rotatable bonds is 2. The Balaban J connectivity index is 2.51. The van der Waals surface area contributed by atoms with Crippen LogP contribution in [-0.4, -0.2) is 14.8 Å². The van der Waals surface area contributed by atoms with Crippen LogP contribution < -0.4 is 16.1 Å². The smallest absolute Gasteiger partial charge is 0.239 e. The SMILES string of the molecule is Cn1c(O)c(ONC(N)=S)c2ccccc21. The van der Waals surface area contributed by atoms with Gasteiger partial charge in [0.1, 0.15) is 0 Å². The van der Waals surface area contributed by atoms with Gasteiger partial charge < -0.3 is 20.2 Å². The number of hydroxylamine groups is 1. The van der Waals surface area contributed by atoms with E-state index >= 15 is 0 Å². The van der Waals surface area contributed by atoms with Gasteiger partial charge in [0.2, 0.25) is 11.6 Å². The second-order valence-corrected chi connectivity index (χ2v) is 3.74. The fourth-order valence-electron chi connectivity index (χ4n) is 1.55. The summed E-state index contributed by atoms with van der Waals surface area (Å²) in [6.45, 7) is 0. The summed E-state index contributed by atoms with van der Waals surface area (Å²) in [7, 11) is 1.74.